The Morgan fingerprint density at radius 1 is 1.18 bits per heavy atom. The summed E-state index contributed by atoms with van der Waals surface area (Å²) < 4.78 is 11.0. The van der Waals surface area contributed by atoms with Gasteiger partial charge in [-0.3, -0.25) is 0 Å². The zero-order valence-electron chi connectivity index (χ0n) is 10.4. The average Bonchev–Trinajstić information content (AvgIpc) is 2.27. The molecule has 2 rings (SSSR count). The second-order valence-electron chi connectivity index (χ2n) is 4.86. The van der Waals surface area contributed by atoms with Gasteiger partial charge >= 0.3 is 0 Å². The summed E-state index contributed by atoms with van der Waals surface area (Å²) in [6.07, 6.45) is 0.907. The van der Waals surface area contributed by atoms with Gasteiger partial charge in [-0.15, -0.1) is 0 Å². The molecule has 1 atom stereocenters. The number of nitrogens with two attached hydrogens (primary N) is 2. The van der Waals surface area contributed by atoms with Crippen LogP contribution in [0, 0.1) is 5.92 Å². The second-order valence-corrected chi connectivity index (χ2v) is 4.86. The van der Waals surface area contributed by atoms with Crippen LogP contribution in [0.1, 0.15) is 31.9 Å². The molecule has 0 aromatic heterocycles. The standard InChI is InChI=1S/C13H20N2O2/c1-8(2)5-10(14)9-6-12-13(7-11(9)15)17-4-3-16-12/h6-8,10H,3-5,14-15H2,1-2H3. The zero-order valence-corrected chi connectivity index (χ0v) is 10.4. The van der Waals surface area contributed by atoms with Crippen molar-refractivity contribution in [2.75, 3.05) is 18.9 Å². The lowest BCUT2D eigenvalue weighted by Crippen LogP contribution is -2.18. The van der Waals surface area contributed by atoms with Crippen LogP contribution in [-0.4, -0.2) is 13.2 Å². The van der Waals surface area contributed by atoms with Gasteiger partial charge in [0.1, 0.15) is 13.2 Å². The van der Waals surface area contributed by atoms with Crippen molar-refractivity contribution in [3.05, 3.63) is 17.7 Å². The van der Waals surface area contributed by atoms with Crippen molar-refractivity contribution < 1.29 is 9.47 Å². The van der Waals surface area contributed by atoms with Gasteiger partial charge in [0.05, 0.1) is 0 Å². The van der Waals surface area contributed by atoms with Crippen LogP contribution in [0.25, 0.3) is 0 Å². The van der Waals surface area contributed by atoms with Crippen LogP contribution in [-0.2, 0) is 0 Å². The number of anilines is 1. The molecule has 0 saturated carbocycles. The SMILES string of the molecule is CC(C)CC(N)c1cc2c(cc1N)OCCO2. The Balaban J connectivity index is 2.28. The topological polar surface area (TPSA) is 70.5 Å². The lowest BCUT2D eigenvalue weighted by atomic mass is 9.96. The minimum Gasteiger partial charge on any atom is -0.486 e. The molecule has 4 heteroatoms. The van der Waals surface area contributed by atoms with E-state index in [0.717, 1.165) is 17.7 Å². The van der Waals surface area contributed by atoms with Crippen molar-refractivity contribution >= 4 is 5.69 Å². The van der Waals surface area contributed by atoms with E-state index >= 15 is 0 Å². The third-order valence-corrected chi connectivity index (χ3v) is 2.87. The molecule has 1 unspecified atom stereocenters. The Kier molecular flexibility index (Phi) is 3.43. The maximum atomic E-state index is 6.15. The summed E-state index contributed by atoms with van der Waals surface area (Å²) in [6.45, 7) is 5.45. The third-order valence-electron chi connectivity index (χ3n) is 2.87. The van der Waals surface area contributed by atoms with Crippen molar-refractivity contribution in [3.63, 3.8) is 0 Å². The van der Waals surface area contributed by atoms with Crippen molar-refractivity contribution in [2.45, 2.75) is 26.3 Å². The van der Waals surface area contributed by atoms with Gasteiger partial charge in [-0.25, -0.2) is 0 Å². The van der Waals surface area contributed by atoms with E-state index in [4.69, 9.17) is 20.9 Å². The van der Waals surface area contributed by atoms with E-state index in [-0.39, 0.29) is 6.04 Å². The van der Waals surface area contributed by atoms with Gasteiger partial charge in [-0.2, -0.15) is 0 Å². The maximum Gasteiger partial charge on any atom is 0.163 e. The molecule has 0 saturated heterocycles. The minimum absolute atomic E-state index is 0.0502. The minimum atomic E-state index is -0.0502. The first-order valence-electron chi connectivity index (χ1n) is 6.02. The van der Waals surface area contributed by atoms with Gasteiger partial charge in [0.2, 0.25) is 0 Å². The highest BCUT2D eigenvalue weighted by Crippen LogP contribution is 2.37. The van der Waals surface area contributed by atoms with E-state index in [0.29, 0.717) is 30.6 Å². The van der Waals surface area contributed by atoms with Crippen molar-refractivity contribution in [3.8, 4) is 11.5 Å². The summed E-state index contributed by atoms with van der Waals surface area (Å²) >= 11 is 0. The fourth-order valence-electron chi connectivity index (χ4n) is 2.08. The molecule has 94 valence electrons. The number of hydrogen-bond donors (Lipinski definition) is 2. The van der Waals surface area contributed by atoms with Gasteiger partial charge in [-0.05, 0) is 24.0 Å². The van der Waals surface area contributed by atoms with Gasteiger partial charge in [0.15, 0.2) is 11.5 Å². The predicted octanol–water partition coefficient (Wildman–Crippen LogP) is 2.09. The van der Waals surface area contributed by atoms with Gasteiger partial charge in [0.25, 0.3) is 0 Å². The Morgan fingerprint density at radius 2 is 1.76 bits per heavy atom. The predicted molar refractivity (Wildman–Crippen MR) is 68.2 cm³/mol. The second kappa shape index (κ2) is 4.84. The van der Waals surface area contributed by atoms with E-state index in [2.05, 4.69) is 13.8 Å². The monoisotopic (exact) mass is 236 g/mol. The molecule has 0 spiro atoms. The van der Waals surface area contributed by atoms with Crippen LogP contribution >= 0.6 is 0 Å². The zero-order chi connectivity index (χ0) is 12.4. The van der Waals surface area contributed by atoms with Crippen LogP contribution in [0.5, 0.6) is 11.5 Å². The summed E-state index contributed by atoms with van der Waals surface area (Å²) in [7, 11) is 0. The number of ether oxygens (including phenoxy) is 2. The number of benzene rings is 1. The number of fused-ring (bicyclic) bond motifs is 1. The van der Waals surface area contributed by atoms with E-state index in [1.54, 1.807) is 0 Å². The highest BCUT2D eigenvalue weighted by atomic mass is 16.6. The Morgan fingerprint density at radius 3 is 2.35 bits per heavy atom. The molecule has 1 aliphatic rings. The van der Waals surface area contributed by atoms with E-state index in [9.17, 15) is 0 Å². The van der Waals surface area contributed by atoms with Gasteiger partial charge in [0, 0.05) is 17.8 Å². The Bertz CT molecular complexity index is 405. The van der Waals surface area contributed by atoms with Crippen LogP contribution < -0.4 is 20.9 Å². The Hall–Kier alpha value is -1.42. The highest BCUT2D eigenvalue weighted by molar-refractivity contribution is 5.59. The van der Waals surface area contributed by atoms with Gasteiger partial charge in [-0.1, -0.05) is 13.8 Å². The largest absolute Gasteiger partial charge is 0.486 e. The average molecular weight is 236 g/mol. The summed E-state index contributed by atoms with van der Waals surface area (Å²) in [4.78, 5) is 0. The molecule has 0 fully saturated rings. The fourth-order valence-corrected chi connectivity index (χ4v) is 2.08. The molecule has 0 aliphatic carbocycles. The summed E-state index contributed by atoms with van der Waals surface area (Å²) in [6, 6.07) is 3.67. The first kappa shape index (κ1) is 12.0. The maximum absolute atomic E-state index is 6.15. The highest BCUT2D eigenvalue weighted by Gasteiger charge is 2.18. The first-order chi connectivity index (χ1) is 8.08. The summed E-state index contributed by atoms with van der Waals surface area (Å²) in [5.74, 6) is 2.01. The molecule has 4 nitrogen and oxygen atoms in total. The number of rotatable bonds is 3. The fraction of sp³-hybridized carbons (Fsp3) is 0.538. The molecular weight excluding hydrogens is 216 g/mol. The molecule has 1 aromatic rings. The quantitative estimate of drug-likeness (QED) is 0.788. The van der Waals surface area contributed by atoms with Crippen LogP contribution in [0.15, 0.2) is 12.1 Å². The van der Waals surface area contributed by atoms with Gasteiger partial charge < -0.3 is 20.9 Å². The number of nitrogen functional groups attached to an aromatic ring is 1. The summed E-state index contributed by atoms with van der Waals surface area (Å²) in [5.41, 5.74) is 13.8. The molecule has 1 heterocycles. The molecule has 0 amide bonds. The van der Waals surface area contributed by atoms with E-state index < -0.39 is 0 Å². The molecular formula is C13H20N2O2. The van der Waals surface area contributed by atoms with Crippen molar-refractivity contribution in [1.82, 2.24) is 0 Å². The number of hydrogen-bond acceptors (Lipinski definition) is 4. The lowest BCUT2D eigenvalue weighted by molar-refractivity contribution is 0.171. The normalized spacial score (nSPS) is 16.0. The molecule has 4 N–H and O–H groups in total. The molecule has 17 heavy (non-hydrogen) atoms. The van der Waals surface area contributed by atoms with E-state index in [1.807, 2.05) is 12.1 Å². The third kappa shape index (κ3) is 2.64. The molecule has 1 aromatic carbocycles. The van der Waals surface area contributed by atoms with Crippen molar-refractivity contribution in [1.29, 1.82) is 0 Å². The lowest BCUT2D eigenvalue weighted by Gasteiger charge is -2.22. The van der Waals surface area contributed by atoms with Crippen LogP contribution in [0.4, 0.5) is 5.69 Å². The van der Waals surface area contributed by atoms with Crippen LogP contribution in [0.3, 0.4) is 0 Å². The molecule has 1 aliphatic heterocycles. The van der Waals surface area contributed by atoms with Crippen LogP contribution in [0.2, 0.25) is 0 Å². The molecule has 0 radical (unpaired) electrons. The van der Waals surface area contributed by atoms with E-state index in [1.165, 1.54) is 0 Å². The molecule has 0 bridgehead atoms. The van der Waals surface area contributed by atoms with Crippen molar-refractivity contribution in [2.24, 2.45) is 11.7 Å². The first-order valence-corrected chi connectivity index (χ1v) is 6.02. The smallest absolute Gasteiger partial charge is 0.163 e. The Labute approximate surface area is 102 Å². The summed E-state index contributed by atoms with van der Waals surface area (Å²) in [5, 5.41) is 0.